The molecule has 1 heterocycles. The standard InChI is InChI=1S/C16H14FN3O4/c1-11-18-16(19-23-11)13-4-2-12(3-5-13)10-22-14-6-8-15(9-7-14)24-20(17)21/h2-9,21H,10H2,1H3. The van der Waals surface area contributed by atoms with Gasteiger partial charge in [-0.25, -0.2) is 0 Å². The molecule has 8 heteroatoms. The van der Waals surface area contributed by atoms with Crippen molar-refractivity contribution in [1.29, 1.82) is 0 Å². The predicted molar refractivity (Wildman–Crippen MR) is 80.6 cm³/mol. The van der Waals surface area contributed by atoms with Crippen molar-refractivity contribution in [1.82, 2.24) is 15.6 Å². The third-order valence-corrected chi connectivity index (χ3v) is 3.15. The van der Waals surface area contributed by atoms with Crippen LogP contribution in [0.2, 0.25) is 0 Å². The summed E-state index contributed by atoms with van der Waals surface area (Å²) in [6.07, 6.45) is 0. The maximum Gasteiger partial charge on any atom is 0.223 e. The Bertz CT molecular complexity index is 788. The van der Waals surface area contributed by atoms with Gasteiger partial charge in [-0.1, -0.05) is 33.9 Å². The Balaban J connectivity index is 1.58. The van der Waals surface area contributed by atoms with Gasteiger partial charge in [0.25, 0.3) is 0 Å². The van der Waals surface area contributed by atoms with Crippen molar-refractivity contribution in [3.05, 3.63) is 60.0 Å². The normalized spacial score (nSPS) is 10.8. The lowest BCUT2D eigenvalue weighted by Crippen LogP contribution is -2.11. The van der Waals surface area contributed by atoms with Crippen LogP contribution in [-0.2, 0) is 6.61 Å². The van der Waals surface area contributed by atoms with Crippen LogP contribution in [0.5, 0.6) is 11.5 Å². The summed E-state index contributed by atoms with van der Waals surface area (Å²) in [5, 5.41) is 12.2. The minimum atomic E-state index is -0.858. The van der Waals surface area contributed by atoms with Gasteiger partial charge in [0.1, 0.15) is 12.4 Å². The summed E-state index contributed by atoms with van der Waals surface area (Å²) in [6.45, 7) is 2.10. The fourth-order valence-corrected chi connectivity index (χ4v) is 2.02. The summed E-state index contributed by atoms with van der Waals surface area (Å²) in [5.74, 6) is 1.79. The van der Waals surface area contributed by atoms with Crippen LogP contribution in [0.1, 0.15) is 11.5 Å². The van der Waals surface area contributed by atoms with Gasteiger partial charge in [-0.2, -0.15) is 4.98 Å². The van der Waals surface area contributed by atoms with Gasteiger partial charge >= 0.3 is 0 Å². The highest BCUT2D eigenvalue weighted by molar-refractivity contribution is 5.54. The molecule has 7 nitrogen and oxygen atoms in total. The molecule has 0 unspecified atom stereocenters. The third kappa shape index (κ3) is 4.06. The molecule has 0 atom stereocenters. The minimum Gasteiger partial charge on any atom is -0.489 e. The summed E-state index contributed by atoms with van der Waals surface area (Å²) in [6, 6.07) is 13.7. The van der Waals surface area contributed by atoms with E-state index in [0.29, 0.717) is 24.1 Å². The van der Waals surface area contributed by atoms with E-state index < -0.39 is 5.45 Å². The zero-order valence-electron chi connectivity index (χ0n) is 12.7. The smallest absolute Gasteiger partial charge is 0.223 e. The number of halogens is 1. The molecule has 3 rings (SSSR count). The molecule has 0 aliphatic carbocycles. The average Bonchev–Trinajstić information content (AvgIpc) is 3.01. The quantitative estimate of drug-likeness (QED) is 0.547. The van der Waals surface area contributed by atoms with Crippen molar-refractivity contribution in [3.63, 3.8) is 0 Å². The van der Waals surface area contributed by atoms with Crippen molar-refractivity contribution < 1.29 is 23.8 Å². The van der Waals surface area contributed by atoms with Crippen LogP contribution in [0, 0.1) is 6.92 Å². The van der Waals surface area contributed by atoms with Crippen molar-refractivity contribution in [2.45, 2.75) is 13.5 Å². The Morgan fingerprint density at radius 2 is 1.75 bits per heavy atom. The summed E-state index contributed by atoms with van der Waals surface area (Å²) >= 11 is 0. The first-order valence-electron chi connectivity index (χ1n) is 7.05. The van der Waals surface area contributed by atoms with E-state index >= 15 is 0 Å². The Hall–Kier alpha value is -2.97. The highest BCUT2D eigenvalue weighted by Gasteiger charge is 2.06. The maximum absolute atomic E-state index is 12.1. The topological polar surface area (TPSA) is 80.9 Å². The van der Waals surface area contributed by atoms with Crippen molar-refractivity contribution in [2.75, 3.05) is 0 Å². The predicted octanol–water partition coefficient (Wildman–Crippen LogP) is 3.49. The molecule has 0 saturated carbocycles. The van der Waals surface area contributed by atoms with Gasteiger partial charge in [0.2, 0.25) is 11.7 Å². The Morgan fingerprint density at radius 1 is 1.08 bits per heavy atom. The molecule has 1 aromatic heterocycles. The molecular weight excluding hydrogens is 317 g/mol. The third-order valence-electron chi connectivity index (χ3n) is 3.15. The minimum absolute atomic E-state index is 0.145. The van der Waals surface area contributed by atoms with Crippen molar-refractivity contribution >= 4 is 0 Å². The van der Waals surface area contributed by atoms with E-state index in [-0.39, 0.29) is 5.75 Å². The van der Waals surface area contributed by atoms with E-state index in [2.05, 4.69) is 15.0 Å². The number of benzene rings is 2. The number of aromatic nitrogens is 2. The summed E-state index contributed by atoms with van der Waals surface area (Å²) in [7, 11) is 0. The first-order valence-corrected chi connectivity index (χ1v) is 7.05. The SMILES string of the molecule is Cc1nc(-c2ccc(COc3ccc(ON(O)F)cc3)cc2)no1. The molecule has 0 aliphatic rings. The number of hydrogen-bond acceptors (Lipinski definition) is 7. The summed E-state index contributed by atoms with van der Waals surface area (Å²) in [5.41, 5.74) is 0.962. The number of aryl methyl sites for hydroxylation is 1. The maximum atomic E-state index is 12.1. The number of ether oxygens (including phenoxy) is 1. The van der Waals surface area contributed by atoms with Crippen molar-refractivity contribution in [2.24, 2.45) is 0 Å². The van der Waals surface area contributed by atoms with Crippen LogP contribution in [-0.4, -0.2) is 20.8 Å². The van der Waals surface area contributed by atoms with E-state index in [4.69, 9.17) is 14.5 Å². The van der Waals surface area contributed by atoms with Gasteiger partial charge in [0, 0.05) is 12.5 Å². The van der Waals surface area contributed by atoms with Crippen LogP contribution < -0.4 is 9.57 Å². The molecule has 0 amide bonds. The molecule has 0 aliphatic heterocycles. The lowest BCUT2D eigenvalue weighted by Gasteiger charge is -2.08. The van der Waals surface area contributed by atoms with Gasteiger partial charge in [0.15, 0.2) is 11.2 Å². The Kier molecular flexibility index (Phi) is 4.69. The van der Waals surface area contributed by atoms with Crippen LogP contribution in [0.15, 0.2) is 53.1 Å². The molecule has 0 radical (unpaired) electrons. The second-order valence-electron chi connectivity index (χ2n) is 4.91. The van der Waals surface area contributed by atoms with Gasteiger partial charge in [-0.3, -0.25) is 5.21 Å². The molecule has 0 bridgehead atoms. The molecule has 1 N–H and O–H groups in total. The zero-order chi connectivity index (χ0) is 16.9. The molecule has 2 aromatic carbocycles. The lowest BCUT2D eigenvalue weighted by atomic mass is 10.1. The fourth-order valence-electron chi connectivity index (χ4n) is 2.02. The molecule has 0 saturated heterocycles. The van der Waals surface area contributed by atoms with Gasteiger partial charge in [-0.15, -0.1) is 0 Å². The highest BCUT2D eigenvalue weighted by Crippen LogP contribution is 2.20. The van der Waals surface area contributed by atoms with E-state index in [1.54, 1.807) is 19.1 Å². The molecule has 124 valence electrons. The Labute approximate surface area is 136 Å². The summed E-state index contributed by atoms with van der Waals surface area (Å²) < 4.78 is 22.7. The monoisotopic (exact) mass is 331 g/mol. The van der Waals surface area contributed by atoms with Crippen LogP contribution >= 0.6 is 0 Å². The van der Waals surface area contributed by atoms with Crippen LogP contribution in [0.4, 0.5) is 4.48 Å². The second kappa shape index (κ2) is 7.07. The van der Waals surface area contributed by atoms with Crippen LogP contribution in [0.3, 0.4) is 0 Å². The first-order chi connectivity index (χ1) is 11.6. The Morgan fingerprint density at radius 3 is 2.33 bits per heavy atom. The highest BCUT2D eigenvalue weighted by atomic mass is 19.2. The van der Waals surface area contributed by atoms with Gasteiger partial charge < -0.3 is 14.1 Å². The molecule has 24 heavy (non-hydrogen) atoms. The second-order valence-corrected chi connectivity index (χ2v) is 4.91. The van der Waals surface area contributed by atoms with E-state index in [0.717, 1.165) is 11.1 Å². The molecule has 3 aromatic rings. The van der Waals surface area contributed by atoms with E-state index in [1.165, 1.54) is 12.1 Å². The largest absolute Gasteiger partial charge is 0.489 e. The fraction of sp³-hybridized carbons (Fsp3) is 0.125. The number of hydrogen-bond donors (Lipinski definition) is 1. The molecule has 0 fully saturated rings. The number of rotatable bonds is 6. The van der Waals surface area contributed by atoms with E-state index in [1.807, 2.05) is 24.3 Å². The van der Waals surface area contributed by atoms with Crippen LogP contribution in [0.25, 0.3) is 11.4 Å². The lowest BCUT2D eigenvalue weighted by molar-refractivity contribution is -0.397. The zero-order valence-corrected chi connectivity index (χ0v) is 12.7. The molecular formula is C16H14FN3O4. The number of nitrogens with zero attached hydrogens (tertiary/aromatic N) is 3. The van der Waals surface area contributed by atoms with Gasteiger partial charge in [0.05, 0.1) is 0 Å². The summed E-state index contributed by atoms with van der Waals surface area (Å²) in [4.78, 5) is 8.50. The first kappa shape index (κ1) is 15.9. The average molecular weight is 331 g/mol. The van der Waals surface area contributed by atoms with E-state index in [9.17, 15) is 4.48 Å². The van der Waals surface area contributed by atoms with Gasteiger partial charge in [-0.05, 0) is 29.8 Å². The van der Waals surface area contributed by atoms with Crippen molar-refractivity contribution in [3.8, 4) is 22.9 Å². The molecule has 0 spiro atoms.